The average Bonchev–Trinajstić information content (AvgIpc) is 2.56. The summed E-state index contributed by atoms with van der Waals surface area (Å²) < 4.78 is 5.48. The van der Waals surface area contributed by atoms with Gasteiger partial charge in [-0.3, -0.25) is 4.79 Å². The van der Waals surface area contributed by atoms with Crippen molar-refractivity contribution in [3.8, 4) is 5.75 Å². The fraction of sp³-hybridized carbons (Fsp3) is 0.176. The molecule has 2 N–H and O–H groups in total. The summed E-state index contributed by atoms with van der Waals surface area (Å²) in [6.45, 7) is 2.56. The van der Waals surface area contributed by atoms with Crippen LogP contribution in [0, 0.1) is 0 Å². The number of ether oxygens (including phenoxy) is 1. The van der Waals surface area contributed by atoms with E-state index in [1.165, 1.54) is 0 Å². The lowest BCUT2D eigenvalue weighted by Crippen LogP contribution is -2.26. The number of rotatable bonds is 7. The van der Waals surface area contributed by atoms with Gasteiger partial charge in [0.05, 0.1) is 30.1 Å². The molecule has 0 aliphatic heterocycles. The maximum atomic E-state index is 11.8. The van der Waals surface area contributed by atoms with E-state index in [4.69, 9.17) is 16.3 Å². The largest absolute Gasteiger partial charge is 0.493 e. The first-order chi connectivity index (χ1) is 11.2. The SMILES string of the molecule is CCOc1ccccc1C=NNC(=O)CNc1ccccc1Cl. The summed E-state index contributed by atoms with van der Waals surface area (Å²) in [6.07, 6.45) is 1.55. The Bertz CT molecular complexity index is 689. The summed E-state index contributed by atoms with van der Waals surface area (Å²) >= 11 is 6.00. The first kappa shape index (κ1) is 16.8. The third-order valence-electron chi connectivity index (χ3n) is 2.92. The molecule has 0 fully saturated rings. The van der Waals surface area contributed by atoms with Crippen molar-refractivity contribution in [2.45, 2.75) is 6.92 Å². The van der Waals surface area contributed by atoms with Gasteiger partial charge in [0, 0.05) is 5.56 Å². The maximum absolute atomic E-state index is 11.8. The predicted octanol–water partition coefficient (Wildman–Crippen LogP) is 3.30. The van der Waals surface area contributed by atoms with Crippen LogP contribution < -0.4 is 15.5 Å². The van der Waals surface area contributed by atoms with Gasteiger partial charge in [0.15, 0.2) is 0 Å². The molecule has 2 aromatic rings. The molecule has 0 radical (unpaired) electrons. The Balaban J connectivity index is 1.86. The minimum atomic E-state index is -0.268. The Morgan fingerprint density at radius 1 is 1.22 bits per heavy atom. The molecule has 0 unspecified atom stereocenters. The smallest absolute Gasteiger partial charge is 0.259 e. The topological polar surface area (TPSA) is 62.7 Å². The number of halogens is 1. The molecule has 6 heteroatoms. The normalized spacial score (nSPS) is 10.5. The fourth-order valence-corrected chi connectivity index (χ4v) is 2.07. The molecule has 1 amide bonds. The minimum absolute atomic E-state index is 0.0776. The van der Waals surface area contributed by atoms with Crippen molar-refractivity contribution in [3.63, 3.8) is 0 Å². The summed E-state index contributed by atoms with van der Waals surface area (Å²) in [5, 5.41) is 7.46. The van der Waals surface area contributed by atoms with Gasteiger partial charge < -0.3 is 10.1 Å². The van der Waals surface area contributed by atoms with Gasteiger partial charge >= 0.3 is 0 Å². The number of nitrogens with zero attached hydrogens (tertiary/aromatic N) is 1. The standard InChI is InChI=1S/C17H18ClN3O2/c1-2-23-16-10-6-3-7-13(16)11-20-21-17(22)12-19-15-9-5-4-8-14(15)18/h3-11,19H,2,12H2,1H3,(H,21,22). The fourth-order valence-electron chi connectivity index (χ4n) is 1.87. The lowest BCUT2D eigenvalue weighted by Gasteiger charge is -2.07. The molecule has 0 atom stereocenters. The van der Waals surface area contributed by atoms with E-state index in [9.17, 15) is 4.79 Å². The van der Waals surface area contributed by atoms with Crippen LogP contribution in [-0.2, 0) is 4.79 Å². The molecule has 0 spiro atoms. The first-order valence-electron chi connectivity index (χ1n) is 7.23. The highest BCUT2D eigenvalue weighted by molar-refractivity contribution is 6.33. The van der Waals surface area contributed by atoms with Crippen LogP contribution in [-0.4, -0.2) is 25.3 Å². The van der Waals surface area contributed by atoms with Crippen molar-refractivity contribution in [2.24, 2.45) is 5.10 Å². The highest BCUT2D eigenvalue weighted by atomic mass is 35.5. The molecule has 5 nitrogen and oxygen atoms in total. The average molecular weight is 332 g/mol. The number of hydrogen-bond donors (Lipinski definition) is 2. The highest BCUT2D eigenvalue weighted by Crippen LogP contribution is 2.19. The van der Waals surface area contributed by atoms with Gasteiger partial charge in [-0.15, -0.1) is 0 Å². The lowest BCUT2D eigenvalue weighted by atomic mass is 10.2. The molecule has 0 aliphatic carbocycles. The zero-order chi connectivity index (χ0) is 16.5. The number of carbonyl (C=O) groups excluding carboxylic acids is 1. The van der Waals surface area contributed by atoms with Crippen LogP contribution in [0.25, 0.3) is 0 Å². The van der Waals surface area contributed by atoms with Crippen molar-refractivity contribution in [1.29, 1.82) is 0 Å². The molecule has 2 rings (SSSR count). The Hall–Kier alpha value is -2.53. The zero-order valence-corrected chi connectivity index (χ0v) is 13.5. The summed E-state index contributed by atoms with van der Waals surface area (Å²) in [6, 6.07) is 14.7. The Kier molecular flexibility index (Phi) is 6.44. The van der Waals surface area contributed by atoms with E-state index in [0.717, 1.165) is 11.3 Å². The van der Waals surface area contributed by atoms with E-state index >= 15 is 0 Å². The summed E-state index contributed by atoms with van der Waals surface area (Å²) in [5.74, 6) is 0.456. The van der Waals surface area contributed by atoms with Crippen molar-refractivity contribution < 1.29 is 9.53 Å². The molecular weight excluding hydrogens is 314 g/mol. The molecule has 2 aromatic carbocycles. The van der Waals surface area contributed by atoms with Crippen LogP contribution in [0.4, 0.5) is 5.69 Å². The van der Waals surface area contributed by atoms with Gasteiger partial charge in [-0.05, 0) is 31.2 Å². The minimum Gasteiger partial charge on any atom is -0.493 e. The van der Waals surface area contributed by atoms with Gasteiger partial charge in [-0.2, -0.15) is 5.10 Å². The molecule has 0 saturated heterocycles. The molecule has 0 heterocycles. The van der Waals surface area contributed by atoms with Crippen LogP contribution >= 0.6 is 11.6 Å². The van der Waals surface area contributed by atoms with Gasteiger partial charge in [-0.1, -0.05) is 35.9 Å². The number of hydrazone groups is 1. The first-order valence-corrected chi connectivity index (χ1v) is 7.60. The summed E-state index contributed by atoms with van der Waals surface area (Å²) in [4.78, 5) is 11.8. The van der Waals surface area contributed by atoms with E-state index in [1.807, 2.05) is 43.3 Å². The maximum Gasteiger partial charge on any atom is 0.259 e. The van der Waals surface area contributed by atoms with Crippen LogP contribution in [0.5, 0.6) is 5.75 Å². The molecule has 0 aromatic heterocycles. The van der Waals surface area contributed by atoms with Crippen molar-refractivity contribution >= 4 is 29.4 Å². The van der Waals surface area contributed by atoms with Crippen LogP contribution in [0.3, 0.4) is 0 Å². The van der Waals surface area contributed by atoms with Crippen molar-refractivity contribution in [1.82, 2.24) is 5.43 Å². The second-order valence-electron chi connectivity index (χ2n) is 4.60. The third-order valence-corrected chi connectivity index (χ3v) is 3.25. The third kappa shape index (κ3) is 5.30. The number of carbonyl (C=O) groups is 1. The van der Waals surface area contributed by atoms with E-state index < -0.39 is 0 Å². The van der Waals surface area contributed by atoms with E-state index in [0.29, 0.717) is 17.3 Å². The lowest BCUT2D eigenvalue weighted by molar-refractivity contribution is -0.119. The Labute approximate surface area is 140 Å². The van der Waals surface area contributed by atoms with Gasteiger partial charge in [0.25, 0.3) is 5.91 Å². The van der Waals surface area contributed by atoms with Crippen molar-refractivity contribution in [3.05, 3.63) is 59.1 Å². The van der Waals surface area contributed by atoms with Gasteiger partial charge in [0.2, 0.25) is 0 Å². The van der Waals surface area contributed by atoms with Crippen LogP contribution in [0.2, 0.25) is 5.02 Å². The Morgan fingerprint density at radius 3 is 2.74 bits per heavy atom. The quantitative estimate of drug-likeness (QED) is 0.604. The molecule has 23 heavy (non-hydrogen) atoms. The summed E-state index contributed by atoms with van der Waals surface area (Å²) in [5.41, 5.74) is 3.96. The highest BCUT2D eigenvalue weighted by Gasteiger charge is 2.03. The van der Waals surface area contributed by atoms with E-state index in [2.05, 4.69) is 15.8 Å². The second-order valence-corrected chi connectivity index (χ2v) is 5.00. The number of nitrogens with one attached hydrogen (secondary N) is 2. The van der Waals surface area contributed by atoms with E-state index in [-0.39, 0.29) is 12.5 Å². The molecule has 0 saturated carbocycles. The van der Waals surface area contributed by atoms with E-state index in [1.54, 1.807) is 18.3 Å². The summed E-state index contributed by atoms with van der Waals surface area (Å²) in [7, 11) is 0. The Morgan fingerprint density at radius 2 is 1.96 bits per heavy atom. The molecule has 0 bridgehead atoms. The predicted molar refractivity (Wildman–Crippen MR) is 93.3 cm³/mol. The van der Waals surface area contributed by atoms with Crippen LogP contribution in [0.15, 0.2) is 53.6 Å². The van der Waals surface area contributed by atoms with Gasteiger partial charge in [0.1, 0.15) is 5.75 Å². The number of benzene rings is 2. The van der Waals surface area contributed by atoms with Gasteiger partial charge in [-0.25, -0.2) is 5.43 Å². The zero-order valence-electron chi connectivity index (χ0n) is 12.8. The number of para-hydroxylation sites is 2. The van der Waals surface area contributed by atoms with Crippen molar-refractivity contribution in [2.75, 3.05) is 18.5 Å². The molecular formula is C17H18ClN3O2. The second kappa shape index (κ2) is 8.80. The number of anilines is 1. The number of amides is 1. The number of hydrogen-bond acceptors (Lipinski definition) is 4. The molecule has 0 aliphatic rings. The monoisotopic (exact) mass is 331 g/mol. The molecule has 120 valence electrons. The van der Waals surface area contributed by atoms with Crippen LogP contribution in [0.1, 0.15) is 12.5 Å².